The average molecular weight is 418 g/mol. The van der Waals surface area contributed by atoms with Crippen molar-refractivity contribution in [1.82, 2.24) is 10.9 Å². The summed E-state index contributed by atoms with van der Waals surface area (Å²) in [5.41, 5.74) is 7.31. The lowest BCUT2D eigenvalue weighted by atomic mass is 10.2. The Morgan fingerprint density at radius 3 is 2.26 bits per heavy atom. The van der Waals surface area contributed by atoms with Gasteiger partial charge in [-0.25, -0.2) is 0 Å². The van der Waals surface area contributed by atoms with E-state index >= 15 is 0 Å². The van der Waals surface area contributed by atoms with Gasteiger partial charge in [0, 0.05) is 0 Å². The van der Waals surface area contributed by atoms with Crippen LogP contribution in [0.25, 0.3) is 0 Å². The van der Waals surface area contributed by atoms with Crippen LogP contribution < -0.4 is 20.3 Å². The minimum atomic E-state index is -0.729. The molecule has 31 heavy (non-hydrogen) atoms. The zero-order valence-electron chi connectivity index (χ0n) is 17.6. The van der Waals surface area contributed by atoms with E-state index in [1.807, 2.05) is 68.4 Å². The van der Waals surface area contributed by atoms with E-state index in [2.05, 4.69) is 10.9 Å². The molecule has 2 amide bonds. The SMILES string of the molecule is CC[C@@H](Oc1ccc(C)cc1)C(=O)NNC(=O)c1ccccc1OCc1ccccc1. The van der Waals surface area contributed by atoms with Crippen LogP contribution >= 0.6 is 0 Å². The summed E-state index contributed by atoms with van der Waals surface area (Å²) in [7, 11) is 0. The van der Waals surface area contributed by atoms with Crippen LogP contribution in [0, 0.1) is 6.92 Å². The fourth-order valence-corrected chi connectivity index (χ4v) is 2.88. The van der Waals surface area contributed by atoms with E-state index in [1.54, 1.807) is 24.3 Å². The number of carbonyl (C=O) groups excluding carboxylic acids is 2. The number of carbonyl (C=O) groups is 2. The second-order valence-electron chi connectivity index (χ2n) is 7.04. The molecule has 0 aliphatic heterocycles. The zero-order chi connectivity index (χ0) is 22.1. The van der Waals surface area contributed by atoms with Crippen LogP contribution in [0.4, 0.5) is 0 Å². The topological polar surface area (TPSA) is 76.7 Å². The van der Waals surface area contributed by atoms with Gasteiger partial charge in [0.2, 0.25) is 0 Å². The highest BCUT2D eigenvalue weighted by atomic mass is 16.5. The van der Waals surface area contributed by atoms with Crippen molar-refractivity contribution in [1.29, 1.82) is 0 Å². The summed E-state index contributed by atoms with van der Waals surface area (Å²) in [6.45, 7) is 4.15. The summed E-state index contributed by atoms with van der Waals surface area (Å²) in [6, 6.07) is 24.0. The van der Waals surface area contributed by atoms with Crippen molar-refractivity contribution in [3.63, 3.8) is 0 Å². The summed E-state index contributed by atoms with van der Waals surface area (Å²) in [5, 5.41) is 0. The van der Waals surface area contributed by atoms with E-state index in [-0.39, 0.29) is 0 Å². The molecule has 0 unspecified atom stereocenters. The molecule has 0 heterocycles. The quantitative estimate of drug-likeness (QED) is 0.538. The molecule has 6 heteroatoms. The van der Waals surface area contributed by atoms with Crippen LogP contribution in [0.5, 0.6) is 11.5 Å². The Labute approximate surface area is 182 Å². The second-order valence-corrected chi connectivity index (χ2v) is 7.04. The monoisotopic (exact) mass is 418 g/mol. The number of nitrogens with one attached hydrogen (secondary N) is 2. The molecule has 6 nitrogen and oxygen atoms in total. The maximum absolute atomic E-state index is 12.6. The smallest absolute Gasteiger partial charge is 0.279 e. The molecule has 160 valence electrons. The molecule has 0 bridgehead atoms. The summed E-state index contributed by atoms with van der Waals surface area (Å²) >= 11 is 0. The van der Waals surface area contributed by atoms with Crippen LogP contribution in [-0.2, 0) is 11.4 Å². The van der Waals surface area contributed by atoms with Crippen molar-refractivity contribution in [3.05, 3.63) is 95.6 Å². The molecule has 0 saturated heterocycles. The molecule has 3 aromatic rings. The maximum atomic E-state index is 12.6. The lowest BCUT2D eigenvalue weighted by molar-refractivity contribution is -0.128. The average Bonchev–Trinajstić information content (AvgIpc) is 2.81. The number of hydrogen-bond donors (Lipinski definition) is 2. The van der Waals surface area contributed by atoms with Gasteiger partial charge < -0.3 is 9.47 Å². The number of amides is 2. The predicted octanol–water partition coefficient (Wildman–Crippen LogP) is 4.19. The summed E-state index contributed by atoms with van der Waals surface area (Å²) < 4.78 is 11.6. The number of benzene rings is 3. The van der Waals surface area contributed by atoms with Crippen LogP contribution in [0.15, 0.2) is 78.9 Å². The van der Waals surface area contributed by atoms with Gasteiger partial charge in [0.15, 0.2) is 6.10 Å². The molecular weight excluding hydrogens is 392 g/mol. The van der Waals surface area contributed by atoms with Crippen molar-refractivity contribution in [3.8, 4) is 11.5 Å². The number of para-hydroxylation sites is 1. The Morgan fingerprint density at radius 1 is 0.871 bits per heavy atom. The van der Waals surface area contributed by atoms with Crippen molar-refractivity contribution in [2.75, 3.05) is 0 Å². The Balaban J connectivity index is 1.58. The molecule has 3 rings (SSSR count). The van der Waals surface area contributed by atoms with Crippen molar-refractivity contribution in [2.45, 2.75) is 33.0 Å². The van der Waals surface area contributed by atoms with Gasteiger partial charge in [0.25, 0.3) is 11.8 Å². The number of rotatable bonds is 8. The molecule has 1 atom stereocenters. The lowest BCUT2D eigenvalue weighted by Gasteiger charge is -2.18. The first kappa shape index (κ1) is 21.9. The molecule has 2 N–H and O–H groups in total. The van der Waals surface area contributed by atoms with Crippen molar-refractivity contribution in [2.24, 2.45) is 0 Å². The maximum Gasteiger partial charge on any atom is 0.279 e. The minimum Gasteiger partial charge on any atom is -0.488 e. The highest BCUT2D eigenvalue weighted by Crippen LogP contribution is 2.19. The highest BCUT2D eigenvalue weighted by Gasteiger charge is 2.20. The molecule has 0 radical (unpaired) electrons. The largest absolute Gasteiger partial charge is 0.488 e. The molecule has 3 aromatic carbocycles. The van der Waals surface area contributed by atoms with Gasteiger partial charge in [-0.3, -0.25) is 20.4 Å². The van der Waals surface area contributed by atoms with Gasteiger partial charge in [-0.15, -0.1) is 0 Å². The van der Waals surface area contributed by atoms with Gasteiger partial charge in [-0.05, 0) is 43.2 Å². The number of hydrogen-bond acceptors (Lipinski definition) is 4. The number of aryl methyl sites for hydroxylation is 1. The van der Waals surface area contributed by atoms with Crippen LogP contribution in [0.1, 0.15) is 34.8 Å². The molecule has 0 spiro atoms. The Hall–Kier alpha value is -3.80. The van der Waals surface area contributed by atoms with E-state index in [9.17, 15) is 9.59 Å². The molecule has 0 fully saturated rings. The Morgan fingerprint density at radius 2 is 1.55 bits per heavy atom. The lowest BCUT2D eigenvalue weighted by Crippen LogP contribution is -2.48. The van der Waals surface area contributed by atoms with Crippen LogP contribution in [-0.4, -0.2) is 17.9 Å². The highest BCUT2D eigenvalue weighted by molar-refractivity contribution is 5.98. The standard InChI is InChI=1S/C25H26N2O4/c1-3-22(31-20-15-13-18(2)14-16-20)25(29)27-26-24(28)21-11-7-8-12-23(21)30-17-19-9-5-4-6-10-19/h4-16,22H,3,17H2,1-2H3,(H,26,28)(H,27,29)/t22-/m1/s1. The molecular formula is C25H26N2O4. The normalized spacial score (nSPS) is 11.3. The van der Waals surface area contributed by atoms with Gasteiger partial charge >= 0.3 is 0 Å². The minimum absolute atomic E-state index is 0.325. The fourth-order valence-electron chi connectivity index (χ4n) is 2.88. The first-order valence-corrected chi connectivity index (χ1v) is 10.2. The van der Waals surface area contributed by atoms with Gasteiger partial charge in [-0.1, -0.05) is 67.1 Å². The van der Waals surface area contributed by atoms with E-state index < -0.39 is 17.9 Å². The summed E-state index contributed by atoms with van der Waals surface area (Å²) in [6.07, 6.45) is -0.278. The van der Waals surface area contributed by atoms with Crippen LogP contribution in [0.2, 0.25) is 0 Å². The number of ether oxygens (including phenoxy) is 2. The summed E-state index contributed by atoms with van der Waals surface area (Å²) in [4.78, 5) is 25.1. The van der Waals surface area contributed by atoms with Crippen LogP contribution in [0.3, 0.4) is 0 Å². The first-order chi connectivity index (χ1) is 15.1. The predicted molar refractivity (Wildman–Crippen MR) is 119 cm³/mol. The summed E-state index contributed by atoms with van der Waals surface area (Å²) in [5.74, 6) is 0.126. The Kier molecular flexibility index (Phi) is 7.65. The van der Waals surface area contributed by atoms with Crippen molar-refractivity contribution >= 4 is 11.8 Å². The van der Waals surface area contributed by atoms with E-state index in [0.717, 1.165) is 11.1 Å². The van der Waals surface area contributed by atoms with E-state index in [0.29, 0.717) is 30.1 Å². The fraction of sp³-hybridized carbons (Fsp3) is 0.200. The zero-order valence-corrected chi connectivity index (χ0v) is 17.6. The third-order valence-corrected chi connectivity index (χ3v) is 4.63. The molecule has 0 aliphatic rings. The Bertz CT molecular complexity index is 1000. The molecule has 0 aromatic heterocycles. The first-order valence-electron chi connectivity index (χ1n) is 10.2. The van der Waals surface area contributed by atoms with E-state index in [4.69, 9.17) is 9.47 Å². The second kappa shape index (κ2) is 10.8. The molecule has 0 saturated carbocycles. The number of hydrazine groups is 1. The van der Waals surface area contributed by atoms with E-state index in [1.165, 1.54) is 0 Å². The molecule has 0 aliphatic carbocycles. The van der Waals surface area contributed by atoms with Crippen molar-refractivity contribution < 1.29 is 19.1 Å². The van der Waals surface area contributed by atoms with Gasteiger partial charge in [0.1, 0.15) is 18.1 Å². The third kappa shape index (κ3) is 6.34. The van der Waals surface area contributed by atoms with Gasteiger partial charge in [0.05, 0.1) is 5.56 Å². The third-order valence-electron chi connectivity index (χ3n) is 4.63. The van der Waals surface area contributed by atoms with Gasteiger partial charge in [-0.2, -0.15) is 0 Å².